The van der Waals surface area contributed by atoms with Crippen LogP contribution in [0.15, 0.2) is 61.3 Å². The van der Waals surface area contributed by atoms with Gasteiger partial charge in [-0.25, -0.2) is 0 Å². The molecule has 1 amide bonds. The summed E-state index contributed by atoms with van der Waals surface area (Å²) < 4.78 is 5.92. The Hall–Kier alpha value is -2.56. The molecule has 0 saturated carbocycles. The third kappa shape index (κ3) is 3.92. The van der Waals surface area contributed by atoms with E-state index in [1.54, 1.807) is 24.4 Å². The average Bonchev–Trinajstić information content (AvgIpc) is 2.63. The normalized spacial score (nSPS) is 10.5. The topological polar surface area (TPSA) is 51.2 Å². The van der Waals surface area contributed by atoms with Crippen molar-refractivity contribution >= 4 is 40.0 Å². The second-order valence-corrected chi connectivity index (χ2v) is 6.04. The maximum Gasteiger partial charge on any atom is 0.243 e. The number of halogens is 2. The summed E-state index contributed by atoms with van der Waals surface area (Å²) in [5, 5.41) is 4.54. The summed E-state index contributed by atoms with van der Waals surface area (Å²) in [6, 6.07) is 12.5. The largest absolute Gasteiger partial charge is 0.455 e. The number of rotatable bonds is 5. The number of hydrogen-bond donors (Lipinski definition) is 1. The molecule has 6 heteroatoms. The highest BCUT2D eigenvalue weighted by molar-refractivity contribution is 6.42. The van der Waals surface area contributed by atoms with Crippen molar-refractivity contribution in [2.75, 3.05) is 0 Å². The molecule has 0 fully saturated rings. The van der Waals surface area contributed by atoms with E-state index < -0.39 is 0 Å². The lowest BCUT2D eigenvalue weighted by Gasteiger charge is -2.12. The van der Waals surface area contributed by atoms with Crippen LogP contribution in [-0.4, -0.2) is 10.9 Å². The summed E-state index contributed by atoms with van der Waals surface area (Å²) >= 11 is 12.0. The summed E-state index contributed by atoms with van der Waals surface area (Å²) in [5.74, 6) is 0.926. The first-order chi connectivity index (χ1) is 12.1. The molecule has 3 rings (SSSR count). The van der Waals surface area contributed by atoms with Gasteiger partial charge < -0.3 is 10.1 Å². The van der Waals surface area contributed by atoms with Crippen LogP contribution >= 0.6 is 23.2 Å². The molecule has 0 spiro atoms. The predicted octanol–water partition coefficient (Wildman–Crippen LogP) is 5.14. The number of pyridine rings is 1. The first-order valence-electron chi connectivity index (χ1n) is 7.48. The Labute approximate surface area is 155 Å². The zero-order valence-corrected chi connectivity index (χ0v) is 14.6. The molecule has 25 heavy (non-hydrogen) atoms. The lowest BCUT2D eigenvalue weighted by Crippen LogP contribution is -2.20. The highest BCUT2D eigenvalue weighted by Crippen LogP contribution is 2.33. The molecule has 0 radical (unpaired) electrons. The second-order valence-electron chi connectivity index (χ2n) is 5.22. The number of hydrogen-bond acceptors (Lipinski definition) is 3. The Bertz CT molecular complexity index is 957. The zero-order chi connectivity index (χ0) is 17.8. The van der Waals surface area contributed by atoms with Crippen LogP contribution in [0.25, 0.3) is 10.9 Å². The number of aromatic nitrogens is 1. The lowest BCUT2D eigenvalue weighted by atomic mass is 10.1. The minimum Gasteiger partial charge on any atom is -0.455 e. The lowest BCUT2D eigenvalue weighted by molar-refractivity contribution is -0.116. The molecule has 0 saturated heterocycles. The summed E-state index contributed by atoms with van der Waals surface area (Å²) in [7, 11) is 0. The van der Waals surface area contributed by atoms with Gasteiger partial charge in [0.2, 0.25) is 5.91 Å². The van der Waals surface area contributed by atoms with E-state index in [0.29, 0.717) is 33.6 Å². The molecule has 0 aliphatic heterocycles. The van der Waals surface area contributed by atoms with Gasteiger partial charge in [-0.2, -0.15) is 0 Å². The van der Waals surface area contributed by atoms with Crippen molar-refractivity contribution in [3.8, 4) is 11.5 Å². The predicted molar refractivity (Wildman–Crippen MR) is 100 cm³/mol. The number of amides is 1. The summed E-state index contributed by atoms with van der Waals surface area (Å²) in [4.78, 5) is 15.8. The molecule has 1 aromatic heterocycles. The van der Waals surface area contributed by atoms with Crippen molar-refractivity contribution in [3.63, 3.8) is 0 Å². The van der Waals surface area contributed by atoms with Gasteiger partial charge in [0.05, 0.1) is 10.0 Å². The zero-order valence-electron chi connectivity index (χ0n) is 13.1. The van der Waals surface area contributed by atoms with Gasteiger partial charge in [0.1, 0.15) is 11.3 Å². The van der Waals surface area contributed by atoms with Gasteiger partial charge in [0.15, 0.2) is 5.75 Å². The maximum atomic E-state index is 11.4. The van der Waals surface area contributed by atoms with Crippen molar-refractivity contribution < 1.29 is 9.53 Å². The van der Waals surface area contributed by atoms with Gasteiger partial charge in [-0.3, -0.25) is 9.78 Å². The molecular formula is C19H14Cl2N2O2. The fourth-order valence-corrected chi connectivity index (χ4v) is 2.65. The molecule has 0 bridgehead atoms. The Kier molecular flexibility index (Phi) is 5.22. The minimum atomic E-state index is -0.229. The molecule has 0 aliphatic rings. The summed E-state index contributed by atoms with van der Waals surface area (Å²) in [6.45, 7) is 3.82. The van der Waals surface area contributed by atoms with E-state index in [9.17, 15) is 4.79 Å². The van der Waals surface area contributed by atoms with E-state index in [0.717, 1.165) is 10.9 Å². The van der Waals surface area contributed by atoms with Gasteiger partial charge in [-0.1, -0.05) is 41.9 Å². The van der Waals surface area contributed by atoms with E-state index in [-0.39, 0.29) is 5.91 Å². The summed E-state index contributed by atoms with van der Waals surface area (Å²) in [5.41, 5.74) is 1.62. The number of carbonyl (C=O) groups is 1. The van der Waals surface area contributed by atoms with Gasteiger partial charge in [-0.15, -0.1) is 0 Å². The maximum absolute atomic E-state index is 11.4. The van der Waals surface area contributed by atoms with Crippen LogP contribution in [0.5, 0.6) is 11.5 Å². The van der Waals surface area contributed by atoms with Crippen molar-refractivity contribution in [3.05, 3.63) is 76.9 Å². The van der Waals surface area contributed by atoms with E-state index in [1.165, 1.54) is 6.08 Å². The van der Waals surface area contributed by atoms with Crippen molar-refractivity contribution in [2.45, 2.75) is 6.54 Å². The number of benzene rings is 2. The van der Waals surface area contributed by atoms with Gasteiger partial charge in [0.25, 0.3) is 0 Å². The number of carbonyl (C=O) groups excluding carboxylic acids is 1. The first kappa shape index (κ1) is 17.3. The Morgan fingerprint density at radius 3 is 2.80 bits per heavy atom. The Balaban J connectivity index is 1.95. The fourth-order valence-electron chi connectivity index (χ4n) is 2.36. The van der Waals surface area contributed by atoms with Crippen LogP contribution in [0.1, 0.15) is 5.56 Å². The monoisotopic (exact) mass is 372 g/mol. The molecule has 1 heterocycles. The Morgan fingerprint density at radius 2 is 2.04 bits per heavy atom. The van der Waals surface area contributed by atoms with Crippen LogP contribution in [-0.2, 0) is 11.3 Å². The Morgan fingerprint density at radius 1 is 1.20 bits per heavy atom. The minimum absolute atomic E-state index is 0.229. The quantitative estimate of drug-likeness (QED) is 0.631. The molecule has 1 N–H and O–H groups in total. The van der Waals surface area contributed by atoms with E-state index in [2.05, 4.69) is 16.9 Å². The van der Waals surface area contributed by atoms with Gasteiger partial charge >= 0.3 is 0 Å². The van der Waals surface area contributed by atoms with E-state index in [1.807, 2.05) is 24.3 Å². The molecule has 2 aromatic carbocycles. The number of nitrogens with zero attached hydrogens (tertiary/aromatic N) is 1. The SMILES string of the molecule is C=CC(=O)NCc1ccc(Oc2ccc(Cl)c(Cl)c2)c2ncccc12. The van der Waals surface area contributed by atoms with Crippen LogP contribution in [0, 0.1) is 0 Å². The molecule has 4 nitrogen and oxygen atoms in total. The smallest absolute Gasteiger partial charge is 0.243 e. The molecule has 0 unspecified atom stereocenters. The molecule has 3 aromatic rings. The van der Waals surface area contributed by atoms with Crippen molar-refractivity contribution in [1.29, 1.82) is 0 Å². The van der Waals surface area contributed by atoms with E-state index >= 15 is 0 Å². The number of ether oxygens (including phenoxy) is 1. The highest BCUT2D eigenvalue weighted by atomic mass is 35.5. The third-order valence-electron chi connectivity index (χ3n) is 3.58. The molecule has 0 atom stereocenters. The second kappa shape index (κ2) is 7.55. The average molecular weight is 373 g/mol. The van der Waals surface area contributed by atoms with Crippen LogP contribution in [0.2, 0.25) is 10.0 Å². The van der Waals surface area contributed by atoms with E-state index in [4.69, 9.17) is 27.9 Å². The van der Waals surface area contributed by atoms with Gasteiger partial charge in [0, 0.05) is 24.2 Å². The first-order valence-corrected chi connectivity index (χ1v) is 8.24. The molecule has 0 aliphatic carbocycles. The third-order valence-corrected chi connectivity index (χ3v) is 4.32. The van der Waals surface area contributed by atoms with Crippen molar-refractivity contribution in [1.82, 2.24) is 10.3 Å². The highest BCUT2D eigenvalue weighted by Gasteiger charge is 2.10. The van der Waals surface area contributed by atoms with Crippen LogP contribution in [0.4, 0.5) is 0 Å². The molecule has 126 valence electrons. The van der Waals surface area contributed by atoms with Crippen LogP contribution in [0.3, 0.4) is 0 Å². The van der Waals surface area contributed by atoms with Crippen LogP contribution < -0.4 is 10.1 Å². The summed E-state index contributed by atoms with van der Waals surface area (Å²) in [6.07, 6.45) is 2.93. The number of nitrogens with one attached hydrogen (secondary N) is 1. The fraction of sp³-hybridized carbons (Fsp3) is 0.0526. The number of fused-ring (bicyclic) bond motifs is 1. The molecular weight excluding hydrogens is 359 g/mol. The standard InChI is InChI=1S/C19H14Cl2N2O2/c1-2-18(24)23-11-12-5-8-17(19-14(12)4-3-9-22-19)25-13-6-7-15(20)16(21)10-13/h2-10H,1,11H2,(H,23,24). The van der Waals surface area contributed by atoms with Gasteiger partial charge in [-0.05, 0) is 35.9 Å². The van der Waals surface area contributed by atoms with Crippen molar-refractivity contribution in [2.24, 2.45) is 0 Å².